The van der Waals surface area contributed by atoms with Crippen molar-refractivity contribution in [2.45, 2.75) is 45.8 Å². The van der Waals surface area contributed by atoms with E-state index in [-0.39, 0.29) is 18.4 Å². The van der Waals surface area contributed by atoms with Gasteiger partial charge in [-0.05, 0) is 37.9 Å². The highest BCUT2D eigenvalue weighted by atomic mass is 16.5. The van der Waals surface area contributed by atoms with Crippen molar-refractivity contribution in [3.05, 3.63) is 34.9 Å². The molecule has 0 saturated carbocycles. The van der Waals surface area contributed by atoms with Crippen LogP contribution in [0.1, 0.15) is 42.6 Å². The van der Waals surface area contributed by atoms with Crippen LogP contribution in [0.15, 0.2) is 18.2 Å². The number of aliphatic hydroxyl groups excluding tert-OH is 1. The van der Waals surface area contributed by atoms with Gasteiger partial charge in [0.1, 0.15) is 0 Å². The fourth-order valence-electron chi connectivity index (χ4n) is 2.18. The number of hydrogen-bond donors (Lipinski definition) is 2. The highest BCUT2D eigenvalue weighted by molar-refractivity contribution is 5.70. The molecule has 0 heterocycles. The summed E-state index contributed by atoms with van der Waals surface area (Å²) >= 11 is 0. The molecule has 112 valence electrons. The van der Waals surface area contributed by atoms with Crippen molar-refractivity contribution in [1.29, 1.82) is 0 Å². The van der Waals surface area contributed by atoms with Gasteiger partial charge in [-0.25, -0.2) is 0 Å². The summed E-state index contributed by atoms with van der Waals surface area (Å²) in [5, 5.41) is 13.8. The number of rotatable bonds is 7. The Labute approximate surface area is 121 Å². The predicted octanol–water partition coefficient (Wildman–Crippen LogP) is 2.27. The fraction of sp³-hybridized carbons (Fsp3) is 0.562. The van der Waals surface area contributed by atoms with Crippen molar-refractivity contribution >= 4 is 5.97 Å². The third kappa shape index (κ3) is 4.62. The Morgan fingerprint density at radius 3 is 2.70 bits per heavy atom. The largest absolute Gasteiger partial charge is 0.469 e. The molecule has 1 aromatic carbocycles. The quantitative estimate of drug-likeness (QED) is 0.752. The number of benzene rings is 1. The molecule has 0 aliphatic rings. The van der Waals surface area contributed by atoms with Crippen LogP contribution in [0.2, 0.25) is 0 Å². The molecule has 0 bridgehead atoms. The van der Waals surface area contributed by atoms with Gasteiger partial charge in [0.05, 0.1) is 19.6 Å². The lowest BCUT2D eigenvalue weighted by molar-refractivity contribution is -0.142. The van der Waals surface area contributed by atoms with Gasteiger partial charge in [0.2, 0.25) is 0 Å². The first-order chi connectivity index (χ1) is 9.49. The van der Waals surface area contributed by atoms with Gasteiger partial charge in [-0.1, -0.05) is 30.7 Å². The molecule has 2 N–H and O–H groups in total. The van der Waals surface area contributed by atoms with Crippen molar-refractivity contribution in [2.75, 3.05) is 13.7 Å². The minimum Gasteiger partial charge on any atom is -0.469 e. The summed E-state index contributed by atoms with van der Waals surface area (Å²) in [6.07, 6.45) is 0.378. The maximum absolute atomic E-state index is 11.5. The molecule has 4 nitrogen and oxygen atoms in total. The van der Waals surface area contributed by atoms with Gasteiger partial charge in [0.25, 0.3) is 0 Å². The lowest BCUT2D eigenvalue weighted by Gasteiger charge is -2.25. The fourth-order valence-corrected chi connectivity index (χ4v) is 2.18. The van der Waals surface area contributed by atoms with Gasteiger partial charge in [0, 0.05) is 6.04 Å². The summed E-state index contributed by atoms with van der Waals surface area (Å²) in [6, 6.07) is 5.64. The predicted molar refractivity (Wildman–Crippen MR) is 79.6 cm³/mol. The average molecular weight is 279 g/mol. The Morgan fingerprint density at radius 2 is 2.10 bits per heavy atom. The van der Waals surface area contributed by atoms with Crippen LogP contribution in [0.25, 0.3) is 0 Å². The third-order valence-corrected chi connectivity index (χ3v) is 3.41. The number of aryl methyl sites for hydroxylation is 2. The molecular weight excluding hydrogens is 254 g/mol. The number of esters is 1. The first kappa shape index (κ1) is 16.7. The SMILES string of the molecule is CCCNC(CC(=O)OC)C(O)c1cc(C)ccc1C. The Morgan fingerprint density at radius 1 is 1.40 bits per heavy atom. The van der Waals surface area contributed by atoms with Crippen molar-refractivity contribution < 1.29 is 14.6 Å². The van der Waals surface area contributed by atoms with E-state index < -0.39 is 6.10 Å². The van der Waals surface area contributed by atoms with Crippen LogP contribution in [0, 0.1) is 13.8 Å². The number of aliphatic hydroxyl groups is 1. The molecule has 0 amide bonds. The second-order valence-corrected chi connectivity index (χ2v) is 5.15. The summed E-state index contributed by atoms with van der Waals surface area (Å²) in [4.78, 5) is 11.5. The van der Waals surface area contributed by atoms with E-state index in [1.807, 2.05) is 39.0 Å². The van der Waals surface area contributed by atoms with Gasteiger partial charge < -0.3 is 15.2 Å². The Bertz CT molecular complexity index is 445. The molecule has 2 unspecified atom stereocenters. The number of ether oxygens (including phenoxy) is 1. The normalized spacial score (nSPS) is 13.8. The second kappa shape index (κ2) is 8.02. The zero-order chi connectivity index (χ0) is 15.1. The molecule has 0 aromatic heterocycles. The molecule has 2 atom stereocenters. The summed E-state index contributed by atoms with van der Waals surface area (Å²) in [7, 11) is 1.36. The lowest BCUT2D eigenvalue weighted by Crippen LogP contribution is -2.38. The monoisotopic (exact) mass is 279 g/mol. The molecule has 0 aliphatic heterocycles. The minimum absolute atomic E-state index is 0.158. The summed E-state index contributed by atoms with van der Waals surface area (Å²) in [6.45, 7) is 6.76. The Hall–Kier alpha value is -1.39. The molecule has 0 spiro atoms. The molecule has 1 rings (SSSR count). The zero-order valence-corrected chi connectivity index (χ0v) is 12.8. The topological polar surface area (TPSA) is 58.6 Å². The van der Waals surface area contributed by atoms with E-state index in [0.29, 0.717) is 0 Å². The number of methoxy groups -OCH3 is 1. The van der Waals surface area contributed by atoms with Gasteiger partial charge in [-0.3, -0.25) is 4.79 Å². The number of nitrogens with one attached hydrogen (secondary N) is 1. The first-order valence-corrected chi connectivity index (χ1v) is 7.05. The first-order valence-electron chi connectivity index (χ1n) is 7.05. The summed E-state index contributed by atoms with van der Waals surface area (Å²) in [5.74, 6) is -0.317. The van der Waals surface area contributed by atoms with E-state index in [9.17, 15) is 9.90 Å². The molecule has 0 aliphatic carbocycles. The van der Waals surface area contributed by atoms with E-state index in [0.717, 1.165) is 29.7 Å². The molecule has 0 fully saturated rings. The number of carbonyl (C=O) groups is 1. The number of hydrogen-bond acceptors (Lipinski definition) is 4. The maximum Gasteiger partial charge on any atom is 0.307 e. The molecule has 1 aromatic rings. The van der Waals surface area contributed by atoms with Crippen LogP contribution in [-0.4, -0.2) is 30.8 Å². The standard InChI is InChI=1S/C16H25NO3/c1-5-8-17-14(10-15(18)20-4)16(19)13-9-11(2)6-7-12(13)3/h6-7,9,14,16-17,19H,5,8,10H2,1-4H3. The molecule has 20 heavy (non-hydrogen) atoms. The van der Waals surface area contributed by atoms with Crippen LogP contribution in [-0.2, 0) is 9.53 Å². The molecule has 0 radical (unpaired) electrons. The number of carbonyl (C=O) groups excluding carboxylic acids is 1. The van der Waals surface area contributed by atoms with Gasteiger partial charge in [-0.15, -0.1) is 0 Å². The van der Waals surface area contributed by atoms with Crippen molar-refractivity contribution in [3.63, 3.8) is 0 Å². The molecular formula is C16H25NO3. The third-order valence-electron chi connectivity index (χ3n) is 3.41. The average Bonchev–Trinajstić information content (AvgIpc) is 2.44. The second-order valence-electron chi connectivity index (χ2n) is 5.15. The highest BCUT2D eigenvalue weighted by Crippen LogP contribution is 2.24. The Kier molecular flexibility index (Phi) is 6.68. The Balaban J connectivity index is 2.92. The van der Waals surface area contributed by atoms with E-state index >= 15 is 0 Å². The van der Waals surface area contributed by atoms with E-state index in [4.69, 9.17) is 4.74 Å². The van der Waals surface area contributed by atoms with E-state index in [1.165, 1.54) is 7.11 Å². The van der Waals surface area contributed by atoms with Crippen molar-refractivity contribution in [1.82, 2.24) is 5.32 Å². The molecule has 4 heteroatoms. The van der Waals surface area contributed by atoms with Crippen LogP contribution >= 0.6 is 0 Å². The van der Waals surface area contributed by atoms with Crippen molar-refractivity contribution in [2.24, 2.45) is 0 Å². The van der Waals surface area contributed by atoms with Gasteiger partial charge in [-0.2, -0.15) is 0 Å². The van der Waals surface area contributed by atoms with Crippen LogP contribution < -0.4 is 5.32 Å². The van der Waals surface area contributed by atoms with E-state index in [2.05, 4.69) is 5.32 Å². The minimum atomic E-state index is -0.722. The zero-order valence-electron chi connectivity index (χ0n) is 12.8. The van der Waals surface area contributed by atoms with E-state index in [1.54, 1.807) is 0 Å². The lowest BCUT2D eigenvalue weighted by atomic mass is 9.94. The molecule has 0 saturated heterocycles. The summed E-state index contributed by atoms with van der Waals surface area (Å²) < 4.78 is 4.71. The van der Waals surface area contributed by atoms with Gasteiger partial charge >= 0.3 is 5.97 Å². The highest BCUT2D eigenvalue weighted by Gasteiger charge is 2.24. The van der Waals surface area contributed by atoms with Crippen LogP contribution in [0.3, 0.4) is 0 Å². The summed E-state index contributed by atoms with van der Waals surface area (Å²) in [5.41, 5.74) is 2.98. The van der Waals surface area contributed by atoms with Crippen LogP contribution in [0.5, 0.6) is 0 Å². The smallest absolute Gasteiger partial charge is 0.307 e. The maximum atomic E-state index is 11.5. The van der Waals surface area contributed by atoms with Crippen LogP contribution in [0.4, 0.5) is 0 Å². The van der Waals surface area contributed by atoms with Crippen molar-refractivity contribution in [3.8, 4) is 0 Å². The van der Waals surface area contributed by atoms with Gasteiger partial charge in [0.15, 0.2) is 0 Å².